The number of hydrogen-bond acceptors (Lipinski definition) is 4. The molecule has 1 aliphatic carbocycles. The number of carboxylic acids is 1. The van der Waals surface area contributed by atoms with E-state index in [4.69, 9.17) is 23.2 Å². The number of hydrogen-bond donors (Lipinski definition) is 3. The lowest BCUT2D eigenvalue weighted by atomic mass is 9.72. The summed E-state index contributed by atoms with van der Waals surface area (Å²) < 4.78 is 0. The quantitative estimate of drug-likeness (QED) is 0.610. The molecule has 1 aliphatic heterocycles. The first-order valence-electron chi connectivity index (χ1n) is 9.47. The van der Waals surface area contributed by atoms with Gasteiger partial charge in [-0.2, -0.15) is 0 Å². The van der Waals surface area contributed by atoms with Crippen molar-refractivity contribution in [2.75, 3.05) is 0 Å². The number of aromatic hydroxyl groups is 1. The van der Waals surface area contributed by atoms with E-state index in [0.717, 1.165) is 5.56 Å². The van der Waals surface area contributed by atoms with Crippen molar-refractivity contribution in [1.29, 1.82) is 0 Å². The average Bonchev–Trinajstić information content (AvgIpc) is 2.68. The van der Waals surface area contributed by atoms with Gasteiger partial charge in [0.2, 0.25) is 0 Å². The Hall–Kier alpha value is -2.76. The molecule has 0 fully saturated rings. The zero-order valence-electron chi connectivity index (χ0n) is 16.1. The lowest BCUT2D eigenvalue weighted by Gasteiger charge is -2.36. The topological polar surface area (TPSA) is 86.6 Å². The Morgan fingerprint density at radius 3 is 2.50 bits per heavy atom. The second kappa shape index (κ2) is 7.82. The van der Waals surface area contributed by atoms with Gasteiger partial charge in [0, 0.05) is 29.3 Å². The van der Waals surface area contributed by atoms with Gasteiger partial charge in [0.15, 0.2) is 5.78 Å². The first-order valence-corrected chi connectivity index (χ1v) is 10.2. The van der Waals surface area contributed by atoms with E-state index in [1.807, 2.05) is 6.07 Å². The maximum absolute atomic E-state index is 13.3. The number of phenols is 1. The van der Waals surface area contributed by atoms with Crippen LogP contribution in [-0.4, -0.2) is 22.0 Å². The highest BCUT2D eigenvalue weighted by molar-refractivity contribution is 6.42. The minimum absolute atomic E-state index is 0.0208. The molecule has 2 atom stereocenters. The van der Waals surface area contributed by atoms with Crippen molar-refractivity contribution >= 4 is 35.0 Å². The Morgan fingerprint density at radius 1 is 1.07 bits per heavy atom. The molecule has 154 valence electrons. The zero-order chi connectivity index (χ0) is 21.6. The molecular weight excluding hydrogens is 425 g/mol. The van der Waals surface area contributed by atoms with Crippen molar-refractivity contribution in [3.63, 3.8) is 0 Å². The summed E-state index contributed by atoms with van der Waals surface area (Å²) in [6.07, 6.45) is 0.776. The number of aliphatic carboxylic acids is 1. The van der Waals surface area contributed by atoms with Crippen molar-refractivity contribution in [2.24, 2.45) is 0 Å². The number of carbonyl (C=O) groups excluding carboxylic acids is 1. The Bertz CT molecular complexity index is 1140. The van der Waals surface area contributed by atoms with Crippen molar-refractivity contribution in [2.45, 2.75) is 31.6 Å². The molecule has 4 rings (SSSR count). The van der Waals surface area contributed by atoms with Gasteiger partial charge < -0.3 is 15.5 Å². The molecule has 1 heterocycles. The minimum Gasteiger partial charge on any atom is -0.508 e. The van der Waals surface area contributed by atoms with Crippen LogP contribution in [0, 0.1) is 0 Å². The minimum atomic E-state index is -1.10. The van der Waals surface area contributed by atoms with E-state index in [9.17, 15) is 19.8 Å². The van der Waals surface area contributed by atoms with Gasteiger partial charge in [0.05, 0.1) is 15.6 Å². The standard InChI is InChI=1S/C23H19Cl2NO4/c1-11-20(23(29)30)21(13-3-2-4-15(27)7-13)22-18(26-11)9-14(10-19(22)28)12-5-6-16(24)17(25)8-12/h2-8,14,21,26-27H,9-10H2,1H3,(H,29,30). The maximum Gasteiger partial charge on any atom is 0.334 e. The van der Waals surface area contributed by atoms with E-state index in [1.165, 1.54) is 12.1 Å². The normalized spacial score (nSPS) is 21.4. The zero-order valence-corrected chi connectivity index (χ0v) is 17.6. The van der Waals surface area contributed by atoms with Crippen LogP contribution in [0.2, 0.25) is 10.0 Å². The summed E-state index contributed by atoms with van der Waals surface area (Å²) in [6, 6.07) is 11.7. The molecule has 2 unspecified atom stereocenters. The molecule has 3 N–H and O–H groups in total. The monoisotopic (exact) mass is 443 g/mol. The third-order valence-corrected chi connectivity index (χ3v) is 6.42. The van der Waals surface area contributed by atoms with Crippen LogP contribution < -0.4 is 5.32 Å². The van der Waals surface area contributed by atoms with Crippen LogP contribution in [0.25, 0.3) is 0 Å². The van der Waals surface area contributed by atoms with Crippen molar-refractivity contribution < 1.29 is 19.8 Å². The smallest absolute Gasteiger partial charge is 0.334 e. The largest absolute Gasteiger partial charge is 0.508 e. The summed E-state index contributed by atoms with van der Waals surface area (Å²) in [7, 11) is 0. The summed E-state index contributed by atoms with van der Waals surface area (Å²) in [6.45, 7) is 1.69. The van der Waals surface area contributed by atoms with Gasteiger partial charge in [-0.05, 0) is 54.7 Å². The Kier molecular flexibility index (Phi) is 5.35. The number of dihydropyridines is 1. The average molecular weight is 444 g/mol. The number of Topliss-reactive ketones (excluding diaryl/α,β-unsaturated/α-hetero) is 1. The third kappa shape index (κ3) is 3.59. The number of nitrogens with one attached hydrogen (secondary N) is 1. The molecule has 0 bridgehead atoms. The van der Waals surface area contributed by atoms with Crippen LogP contribution in [-0.2, 0) is 9.59 Å². The third-order valence-electron chi connectivity index (χ3n) is 5.68. The van der Waals surface area contributed by atoms with Gasteiger partial charge >= 0.3 is 5.97 Å². The highest BCUT2D eigenvalue weighted by Gasteiger charge is 2.41. The Morgan fingerprint density at radius 2 is 1.83 bits per heavy atom. The van der Waals surface area contributed by atoms with Gasteiger partial charge in [0.1, 0.15) is 5.75 Å². The molecular formula is C23H19Cl2NO4. The second-order valence-electron chi connectivity index (χ2n) is 7.59. The van der Waals surface area contributed by atoms with Crippen LogP contribution in [0.4, 0.5) is 0 Å². The number of allylic oxidation sites excluding steroid dienone is 3. The highest BCUT2D eigenvalue weighted by Crippen LogP contribution is 2.46. The molecule has 0 aromatic heterocycles. The van der Waals surface area contributed by atoms with Crippen molar-refractivity contribution in [3.8, 4) is 5.75 Å². The van der Waals surface area contributed by atoms with Gasteiger partial charge in [-0.3, -0.25) is 4.79 Å². The van der Waals surface area contributed by atoms with E-state index in [-0.39, 0.29) is 29.4 Å². The van der Waals surface area contributed by atoms with Gasteiger partial charge in [-0.15, -0.1) is 0 Å². The molecule has 7 heteroatoms. The fourth-order valence-electron chi connectivity index (χ4n) is 4.36. The molecule has 5 nitrogen and oxygen atoms in total. The van der Waals surface area contributed by atoms with E-state index < -0.39 is 11.9 Å². The van der Waals surface area contributed by atoms with Crippen LogP contribution in [0.5, 0.6) is 5.75 Å². The fourth-order valence-corrected chi connectivity index (χ4v) is 4.67. The van der Waals surface area contributed by atoms with Gasteiger partial charge in [-0.25, -0.2) is 4.79 Å². The van der Waals surface area contributed by atoms with Crippen molar-refractivity contribution in [1.82, 2.24) is 5.32 Å². The number of rotatable bonds is 3. The number of halogens is 2. The molecule has 0 amide bonds. The summed E-state index contributed by atoms with van der Waals surface area (Å²) in [5, 5.41) is 23.8. The first-order chi connectivity index (χ1) is 14.3. The number of carboxylic acid groups (broad SMARTS) is 1. The molecule has 0 spiro atoms. The summed E-state index contributed by atoms with van der Waals surface area (Å²) >= 11 is 12.2. The second-order valence-corrected chi connectivity index (χ2v) is 8.41. The van der Waals surface area contributed by atoms with E-state index in [1.54, 1.807) is 31.2 Å². The molecule has 2 aromatic rings. The summed E-state index contributed by atoms with van der Waals surface area (Å²) in [5.41, 5.74) is 3.23. The molecule has 0 saturated heterocycles. The fraction of sp³-hybridized carbons (Fsp3) is 0.217. The molecule has 2 aromatic carbocycles. The summed E-state index contributed by atoms with van der Waals surface area (Å²) in [5.74, 6) is -2.04. The number of carbonyl (C=O) groups is 2. The highest BCUT2D eigenvalue weighted by atomic mass is 35.5. The Labute approximate surface area is 183 Å². The predicted molar refractivity (Wildman–Crippen MR) is 115 cm³/mol. The van der Waals surface area contributed by atoms with E-state index >= 15 is 0 Å². The van der Waals surface area contributed by atoms with Crippen molar-refractivity contribution in [3.05, 3.63) is 86.2 Å². The maximum atomic E-state index is 13.3. The lowest BCUT2D eigenvalue weighted by Crippen LogP contribution is -2.35. The van der Waals surface area contributed by atoms with Crippen LogP contribution >= 0.6 is 23.2 Å². The lowest BCUT2D eigenvalue weighted by molar-refractivity contribution is -0.133. The Balaban J connectivity index is 1.80. The first kappa shape index (κ1) is 20.5. The predicted octanol–water partition coefficient (Wildman–Crippen LogP) is 5.15. The summed E-state index contributed by atoms with van der Waals surface area (Å²) in [4.78, 5) is 25.3. The van der Waals surface area contributed by atoms with Gasteiger partial charge in [0.25, 0.3) is 0 Å². The van der Waals surface area contributed by atoms with Gasteiger partial charge in [-0.1, -0.05) is 41.4 Å². The van der Waals surface area contributed by atoms with Crippen LogP contribution in [0.15, 0.2) is 65.0 Å². The van der Waals surface area contributed by atoms with Crippen LogP contribution in [0.1, 0.15) is 42.7 Å². The number of benzene rings is 2. The van der Waals surface area contributed by atoms with E-state index in [2.05, 4.69) is 5.32 Å². The molecule has 0 saturated carbocycles. The number of ketones is 1. The SMILES string of the molecule is CC1=C(C(=O)O)C(c2cccc(O)c2)C2=C(CC(c3ccc(Cl)c(Cl)c3)CC2=O)N1. The molecule has 0 radical (unpaired) electrons. The molecule has 30 heavy (non-hydrogen) atoms. The van der Waals surface area contributed by atoms with Crippen LogP contribution in [0.3, 0.4) is 0 Å². The number of phenolic OH excluding ortho intramolecular Hbond substituents is 1. The van der Waals surface area contributed by atoms with E-state index in [0.29, 0.717) is 39.0 Å². The molecule has 2 aliphatic rings.